The lowest BCUT2D eigenvalue weighted by atomic mass is 10.2. The van der Waals surface area contributed by atoms with E-state index < -0.39 is 0 Å². The molecule has 2 heterocycles. The van der Waals surface area contributed by atoms with E-state index in [0.29, 0.717) is 0 Å². The molecule has 1 spiro atoms. The Kier molecular flexibility index (Phi) is 1.20. The molecule has 0 unspecified atom stereocenters. The number of rotatable bonds is 0. The molecule has 2 aliphatic rings. The van der Waals surface area contributed by atoms with Crippen molar-refractivity contribution in [2.24, 2.45) is 0 Å². The molecule has 1 aromatic heterocycles. The Morgan fingerprint density at radius 2 is 2.00 bits per heavy atom. The maximum Gasteiger partial charge on any atom is 0.325 e. The summed E-state index contributed by atoms with van der Waals surface area (Å²) in [7, 11) is 0. The highest BCUT2D eigenvalue weighted by Gasteiger charge is 2.51. The topological polar surface area (TPSA) is 65.7 Å². The van der Waals surface area contributed by atoms with Crippen LogP contribution in [0.3, 0.4) is 0 Å². The number of aromatic amines is 2. The first-order chi connectivity index (χ1) is 6.21. The summed E-state index contributed by atoms with van der Waals surface area (Å²) >= 11 is 1.77. The van der Waals surface area contributed by atoms with Gasteiger partial charge in [-0.25, -0.2) is 4.79 Å². The molecule has 13 heavy (non-hydrogen) atoms. The highest BCUT2D eigenvalue weighted by Crippen LogP contribution is 2.61. The van der Waals surface area contributed by atoms with Crippen LogP contribution in [0.4, 0.5) is 0 Å². The van der Waals surface area contributed by atoms with Crippen LogP contribution >= 0.6 is 11.8 Å². The number of thioether (sulfide) groups is 1. The Morgan fingerprint density at radius 1 is 1.23 bits per heavy atom. The molecular weight excluding hydrogens is 188 g/mol. The van der Waals surface area contributed by atoms with Crippen molar-refractivity contribution in [2.45, 2.75) is 23.3 Å². The number of hydrogen-bond donors (Lipinski definition) is 2. The first kappa shape index (κ1) is 7.44. The number of H-pyrrole nitrogens is 2. The van der Waals surface area contributed by atoms with E-state index in [2.05, 4.69) is 9.97 Å². The fourth-order valence-corrected chi connectivity index (χ4v) is 3.23. The molecule has 0 saturated heterocycles. The first-order valence-corrected chi connectivity index (χ1v) is 5.20. The summed E-state index contributed by atoms with van der Waals surface area (Å²) in [5.41, 5.74) is 1.06. The molecule has 0 atom stereocenters. The zero-order valence-corrected chi connectivity index (χ0v) is 7.66. The van der Waals surface area contributed by atoms with Gasteiger partial charge in [-0.05, 0) is 12.8 Å². The van der Waals surface area contributed by atoms with E-state index in [0.717, 1.165) is 29.9 Å². The molecule has 0 bridgehead atoms. The molecule has 3 rings (SSSR count). The minimum atomic E-state index is -0.377. The Balaban J connectivity index is 2.36. The standard InChI is InChI=1S/C8H8N2O2S/c11-6-4-3-13-8(1-2-8)5(4)9-7(12)10-6/h1-3H2,(H2,9,10,11,12). The predicted molar refractivity (Wildman–Crippen MR) is 49.9 cm³/mol. The number of fused-ring (bicyclic) bond motifs is 2. The van der Waals surface area contributed by atoms with Gasteiger partial charge in [0.2, 0.25) is 0 Å². The van der Waals surface area contributed by atoms with Crippen LogP contribution in [0.25, 0.3) is 0 Å². The lowest BCUT2D eigenvalue weighted by Crippen LogP contribution is -2.27. The van der Waals surface area contributed by atoms with E-state index in [1.165, 1.54) is 0 Å². The monoisotopic (exact) mass is 196 g/mol. The zero-order chi connectivity index (χ0) is 9.05. The van der Waals surface area contributed by atoms with Crippen LogP contribution in [0.1, 0.15) is 24.1 Å². The molecule has 1 fully saturated rings. The van der Waals surface area contributed by atoms with E-state index in [1.807, 2.05) is 0 Å². The van der Waals surface area contributed by atoms with Gasteiger partial charge in [0.15, 0.2) is 0 Å². The van der Waals surface area contributed by atoms with Crippen LogP contribution < -0.4 is 11.2 Å². The van der Waals surface area contributed by atoms with E-state index in [-0.39, 0.29) is 16.0 Å². The van der Waals surface area contributed by atoms with Crippen molar-refractivity contribution in [3.63, 3.8) is 0 Å². The summed E-state index contributed by atoms with van der Waals surface area (Å²) in [6.45, 7) is 0. The number of hydrogen-bond acceptors (Lipinski definition) is 3. The Bertz CT molecular complexity index is 484. The molecule has 0 radical (unpaired) electrons. The van der Waals surface area contributed by atoms with E-state index >= 15 is 0 Å². The second kappa shape index (κ2) is 2.09. The van der Waals surface area contributed by atoms with Crippen LogP contribution in [0, 0.1) is 0 Å². The molecule has 1 saturated carbocycles. The minimum absolute atomic E-state index is 0.1000. The highest BCUT2D eigenvalue weighted by molar-refractivity contribution is 8.00. The first-order valence-electron chi connectivity index (χ1n) is 4.21. The molecule has 4 nitrogen and oxygen atoms in total. The van der Waals surface area contributed by atoms with Crippen LogP contribution in [0.5, 0.6) is 0 Å². The Morgan fingerprint density at radius 3 is 2.69 bits per heavy atom. The summed E-state index contributed by atoms with van der Waals surface area (Å²) in [4.78, 5) is 27.4. The van der Waals surface area contributed by atoms with Gasteiger partial charge in [-0.1, -0.05) is 0 Å². The van der Waals surface area contributed by atoms with Crippen molar-refractivity contribution in [3.8, 4) is 0 Å². The van der Waals surface area contributed by atoms with E-state index in [9.17, 15) is 9.59 Å². The molecule has 68 valence electrons. The summed E-state index contributed by atoms with van der Waals surface area (Å²) < 4.78 is 0.1000. The molecule has 0 aromatic carbocycles. The van der Waals surface area contributed by atoms with Crippen LogP contribution in [-0.4, -0.2) is 9.97 Å². The Labute approximate surface area is 77.8 Å². The molecule has 1 aliphatic carbocycles. The van der Waals surface area contributed by atoms with Crippen molar-refractivity contribution < 1.29 is 0 Å². The van der Waals surface area contributed by atoms with E-state index in [1.54, 1.807) is 11.8 Å². The average molecular weight is 196 g/mol. The van der Waals surface area contributed by atoms with Gasteiger partial charge in [-0.15, -0.1) is 11.8 Å². The third-order valence-corrected chi connectivity index (χ3v) is 4.29. The quantitative estimate of drug-likeness (QED) is 0.627. The maximum atomic E-state index is 11.4. The highest BCUT2D eigenvalue weighted by atomic mass is 32.2. The van der Waals surface area contributed by atoms with Crippen molar-refractivity contribution in [3.05, 3.63) is 32.1 Å². The SMILES string of the molecule is O=c1[nH]c2c(c(=O)[nH]1)CSC21CC1. The average Bonchev–Trinajstić information content (AvgIpc) is 2.73. The van der Waals surface area contributed by atoms with Crippen molar-refractivity contribution >= 4 is 11.8 Å². The third-order valence-electron chi connectivity index (χ3n) is 2.69. The normalized spacial score (nSPS) is 21.8. The fraction of sp³-hybridized carbons (Fsp3) is 0.500. The van der Waals surface area contributed by atoms with Gasteiger partial charge >= 0.3 is 5.69 Å². The molecule has 1 aliphatic heterocycles. The summed E-state index contributed by atoms with van der Waals surface area (Å²) in [5.74, 6) is 0.738. The Hall–Kier alpha value is -0.970. The summed E-state index contributed by atoms with van der Waals surface area (Å²) in [5, 5.41) is 0. The van der Waals surface area contributed by atoms with Gasteiger partial charge < -0.3 is 4.98 Å². The lowest BCUT2D eigenvalue weighted by molar-refractivity contribution is 0.885. The van der Waals surface area contributed by atoms with Gasteiger partial charge in [-0.2, -0.15) is 0 Å². The zero-order valence-electron chi connectivity index (χ0n) is 6.85. The van der Waals surface area contributed by atoms with Crippen molar-refractivity contribution in [1.82, 2.24) is 9.97 Å². The number of nitrogens with one attached hydrogen (secondary N) is 2. The van der Waals surface area contributed by atoms with E-state index in [4.69, 9.17) is 0 Å². The molecule has 5 heteroatoms. The van der Waals surface area contributed by atoms with Gasteiger partial charge in [0, 0.05) is 17.0 Å². The van der Waals surface area contributed by atoms with Gasteiger partial charge in [-0.3, -0.25) is 9.78 Å². The largest absolute Gasteiger partial charge is 0.325 e. The molecule has 1 aromatic rings. The van der Waals surface area contributed by atoms with Crippen LogP contribution in [-0.2, 0) is 10.5 Å². The molecular formula is C8H8N2O2S. The molecule has 0 amide bonds. The lowest BCUT2D eigenvalue weighted by Gasteiger charge is -2.04. The maximum absolute atomic E-state index is 11.4. The van der Waals surface area contributed by atoms with Crippen molar-refractivity contribution in [1.29, 1.82) is 0 Å². The number of aromatic nitrogens is 2. The van der Waals surface area contributed by atoms with Crippen LogP contribution in [0.2, 0.25) is 0 Å². The van der Waals surface area contributed by atoms with Crippen molar-refractivity contribution in [2.75, 3.05) is 0 Å². The fourth-order valence-electron chi connectivity index (χ4n) is 1.83. The second-order valence-electron chi connectivity index (χ2n) is 3.54. The summed E-state index contributed by atoms with van der Waals surface area (Å²) in [6.07, 6.45) is 2.17. The third kappa shape index (κ3) is 0.877. The smallest absolute Gasteiger partial charge is 0.309 e. The summed E-state index contributed by atoms with van der Waals surface area (Å²) in [6, 6.07) is 0. The predicted octanol–water partition coefficient (Wildman–Crippen LogP) is 0.299. The molecule has 2 N–H and O–H groups in total. The minimum Gasteiger partial charge on any atom is -0.309 e. The van der Waals surface area contributed by atoms with Gasteiger partial charge in [0.1, 0.15) is 0 Å². The second-order valence-corrected chi connectivity index (χ2v) is 4.90. The van der Waals surface area contributed by atoms with Gasteiger partial charge in [0.25, 0.3) is 5.56 Å². The van der Waals surface area contributed by atoms with Gasteiger partial charge in [0.05, 0.1) is 4.75 Å². The van der Waals surface area contributed by atoms with Crippen LogP contribution in [0.15, 0.2) is 9.59 Å².